The zero-order chi connectivity index (χ0) is 21.9. The van der Waals surface area contributed by atoms with Gasteiger partial charge in [-0.25, -0.2) is 4.39 Å². The second kappa shape index (κ2) is 12.1. The maximum Gasteiger partial charge on any atom is 0.251 e. The monoisotopic (exact) mass is 419 g/mol. The third kappa shape index (κ3) is 7.42. The Balaban J connectivity index is 0.00000204. The van der Waals surface area contributed by atoms with E-state index in [9.17, 15) is 9.18 Å². The maximum atomic E-state index is 14.2. The first-order valence-electron chi connectivity index (χ1n) is 9.34. The third-order valence-corrected chi connectivity index (χ3v) is 5.30. The van der Waals surface area contributed by atoms with Crippen LogP contribution in [0.1, 0.15) is 37.0 Å². The number of aliphatic imine (C=N–C) groups is 1. The van der Waals surface area contributed by atoms with Gasteiger partial charge in [0, 0.05) is 11.3 Å². The van der Waals surface area contributed by atoms with Gasteiger partial charge in [0.05, 0.1) is 19.2 Å². The van der Waals surface area contributed by atoms with Crippen molar-refractivity contribution in [3.05, 3.63) is 66.5 Å². The highest BCUT2D eigenvalue weighted by Crippen LogP contribution is 2.33. The number of carbonyl (C=O) groups excluding carboxylic acids is 1. The molecule has 1 amide bonds. The molecule has 1 unspecified atom stereocenters. The van der Waals surface area contributed by atoms with Gasteiger partial charge in [-0.3, -0.25) is 9.79 Å². The smallest absolute Gasteiger partial charge is 0.251 e. The zero-order valence-corrected chi connectivity index (χ0v) is 18.2. The fraction of sp³-hybridized carbons (Fsp3) is 0.364. The van der Waals surface area contributed by atoms with Crippen LogP contribution < -0.4 is 15.8 Å². The Hall–Kier alpha value is -2.54. The third-order valence-electron chi connectivity index (χ3n) is 4.50. The molecule has 1 atom stereocenters. The van der Waals surface area contributed by atoms with Crippen molar-refractivity contribution in [1.29, 1.82) is 0 Å². The van der Waals surface area contributed by atoms with Gasteiger partial charge in [0.1, 0.15) is 11.6 Å². The molecule has 1 aromatic rings. The summed E-state index contributed by atoms with van der Waals surface area (Å²) in [4.78, 5) is 16.6. The molecule has 2 rings (SSSR count). The number of rotatable bonds is 7. The predicted octanol–water partition coefficient (Wildman–Crippen LogP) is 4.63. The lowest BCUT2D eigenvalue weighted by molar-refractivity contribution is 0.0955. The maximum absolute atomic E-state index is 14.2. The summed E-state index contributed by atoms with van der Waals surface area (Å²) in [5.41, 5.74) is 6.92. The van der Waals surface area contributed by atoms with Crippen molar-refractivity contribution in [3.63, 3.8) is 0 Å². The van der Waals surface area contributed by atoms with Crippen molar-refractivity contribution in [2.75, 3.05) is 19.4 Å². The van der Waals surface area contributed by atoms with Gasteiger partial charge in [0.2, 0.25) is 0 Å². The number of amides is 1. The highest BCUT2D eigenvalue weighted by Gasteiger charge is 2.30. The minimum absolute atomic E-state index is 0.170. The summed E-state index contributed by atoms with van der Waals surface area (Å²) in [5, 5.41) is 3.14. The molecule has 5 nitrogen and oxygen atoms in total. The number of nitrogens with one attached hydrogen (secondary N) is 1. The Morgan fingerprint density at radius 2 is 2.03 bits per heavy atom. The first-order chi connectivity index (χ1) is 13.9. The molecular weight excluding hydrogens is 389 g/mol. The average Bonchev–Trinajstić information content (AvgIpc) is 2.73. The first-order valence-corrected chi connectivity index (χ1v) is 10.3. The van der Waals surface area contributed by atoms with Crippen LogP contribution in [0.3, 0.4) is 0 Å². The Kier molecular flexibility index (Phi) is 10.2. The van der Waals surface area contributed by atoms with Gasteiger partial charge in [-0.2, -0.15) is 0 Å². The van der Waals surface area contributed by atoms with Crippen molar-refractivity contribution in [2.24, 2.45) is 10.7 Å². The van der Waals surface area contributed by atoms with Crippen LogP contribution in [0.2, 0.25) is 0 Å². The van der Waals surface area contributed by atoms with Crippen LogP contribution in [0, 0.1) is 0 Å². The van der Waals surface area contributed by atoms with Crippen molar-refractivity contribution in [1.82, 2.24) is 5.32 Å². The summed E-state index contributed by atoms with van der Waals surface area (Å²) >= 11 is 1.54. The fourth-order valence-electron chi connectivity index (χ4n) is 2.86. The Morgan fingerprint density at radius 1 is 1.38 bits per heavy atom. The highest BCUT2D eigenvalue weighted by molar-refractivity contribution is 8.13. The van der Waals surface area contributed by atoms with E-state index in [2.05, 4.69) is 23.5 Å². The molecule has 1 heterocycles. The van der Waals surface area contributed by atoms with Crippen LogP contribution in [0.15, 0.2) is 66.0 Å². The summed E-state index contributed by atoms with van der Waals surface area (Å²) in [6, 6.07) is 6.64. The molecule has 0 aromatic heterocycles. The summed E-state index contributed by atoms with van der Waals surface area (Å²) in [6.45, 7) is 9.87. The van der Waals surface area contributed by atoms with E-state index in [4.69, 9.17) is 10.5 Å². The number of halogens is 1. The lowest BCUT2D eigenvalue weighted by Gasteiger charge is -2.31. The molecule has 29 heavy (non-hydrogen) atoms. The van der Waals surface area contributed by atoms with Gasteiger partial charge in [-0.1, -0.05) is 24.8 Å². The van der Waals surface area contributed by atoms with Crippen LogP contribution in [0.4, 0.5) is 4.39 Å². The zero-order valence-electron chi connectivity index (χ0n) is 17.3. The van der Waals surface area contributed by atoms with Gasteiger partial charge >= 0.3 is 0 Å². The van der Waals surface area contributed by atoms with E-state index in [1.807, 2.05) is 13.8 Å². The minimum Gasteiger partial charge on any atom is -0.497 e. The van der Waals surface area contributed by atoms with Crippen LogP contribution >= 0.6 is 11.8 Å². The number of nitrogens with zero attached hydrogens (tertiary/aromatic N) is 1. The van der Waals surface area contributed by atoms with Crippen molar-refractivity contribution in [2.45, 2.75) is 32.2 Å². The number of amidine groups is 1. The molecule has 0 bridgehead atoms. The molecule has 3 N–H and O–H groups in total. The number of ether oxygens (including phenoxy) is 1. The molecule has 0 radical (unpaired) electrons. The van der Waals surface area contributed by atoms with Gasteiger partial charge in [-0.15, -0.1) is 13.2 Å². The summed E-state index contributed by atoms with van der Waals surface area (Å²) in [6.07, 6.45) is 4.76. The lowest BCUT2D eigenvalue weighted by atomic mass is 9.87. The molecule has 0 aliphatic carbocycles. The van der Waals surface area contributed by atoms with Gasteiger partial charge in [-0.05, 0) is 55.7 Å². The molecule has 158 valence electrons. The number of carbonyl (C=O) groups is 1. The number of benzene rings is 1. The van der Waals surface area contributed by atoms with Crippen LogP contribution in [0.25, 0.3) is 0 Å². The van der Waals surface area contributed by atoms with Crippen molar-refractivity contribution < 1.29 is 13.9 Å². The quantitative estimate of drug-likeness (QED) is 0.499. The summed E-state index contributed by atoms with van der Waals surface area (Å²) in [5.74, 6) is 0.795. The Bertz CT molecular complexity index is 775. The minimum atomic E-state index is -0.423. The van der Waals surface area contributed by atoms with E-state index in [1.54, 1.807) is 37.5 Å². The standard InChI is InChI=1S/C20H26FN3O2S.C2H4/c1-4-15(20(2)11-12-27-19(22)24-20)7-8-16(21)13-23-18(25)14-5-9-17(26-3)10-6-14;1-2/h5-10H,4,11-13H2,1-3H3,(H2,22,24)(H,23,25);1-2H2/b15-7+,16-8+;. The largest absolute Gasteiger partial charge is 0.497 e. The number of hydrogen-bond acceptors (Lipinski definition) is 5. The number of thioether (sulfide) groups is 1. The van der Waals surface area contributed by atoms with Crippen molar-refractivity contribution in [3.8, 4) is 5.75 Å². The molecule has 0 fully saturated rings. The Labute approximate surface area is 177 Å². The van der Waals surface area contributed by atoms with Gasteiger partial charge in [0.15, 0.2) is 5.17 Å². The molecule has 7 heteroatoms. The van der Waals surface area contributed by atoms with E-state index in [-0.39, 0.29) is 12.5 Å². The van der Waals surface area contributed by atoms with E-state index >= 15 is 0 Å². The van der Waals surface area contributed by atoms with Crippen LogP contribution in [0.5, 0.6) is 5.75 Å². The topological polar surface area (TPSA) is 76.7 Å². The number of hydrogen-bond donors (Lipinski definition) is 2. The SMILES string of the molecule is C=C.CC/C(=C\C=C(\F)CNC(=O)c1ccc(OC)cc1)C1(C)CCSC(N)=N1. The van der Waals surface area contributed by atoms with E-state index in [1.165, 1.54) is 17.8 Å². The van der Waals surface area contributed by atoms with Gasteiger partial charge in [0.25, 0.3) is 5.91 Å². The molecule has 1 aromatic carbocycles. The average molecular weight is 420 g/mol. The molecule has 0 spiro atoms. The number of nitrogens with two attached hydrogens (primary N) is 1. The van der Waals surface area contributed by atoms with Crippen LogP contribution in [-0.4, -0.2) is 36.0 Å². The molecule has 1 aliphatic rings. The second-order valence-electron chi connectivity index (χ2n) is 6.39. The highest BCUT2D eigenvalue weighted by atomic mass is 32.2. The predicted molar refractivity (Wildman–Crippen MR) is 121 cm³/mol. The normalized spacial score (nSPS) is 19.5. The molecule has 0 saturated heterocycles. The summed E-state index contributed by atoms with van der Waals surface area (Å²) < 4.78 is 19.2. The molecular formula is C22H30FN3O2S. The van der Waals surface area contributed by atoms with Crippen molar-refractivity contribution >= 4 is 22.8 Å². The van der Waals surface area contributed by atoms with E-state index in [0.29, 0.717) is 16.5 Å². The first kappa shape index (κ1) is 24.5. The lowest BCUT2D eigenvalue weighted by Crippen LogP contribution is -2.32. The second-order valence-corrected chi connectivity index (χ2v) is 7.51. The summed E-state index contributed by atoms with van der Waals surface area (Å²) in [7, 11) is 1.56. The van der Waals surface area contributed by atoms with E-state index < -0.39 is 11.4 Å². The number of methoxy groups -OCH3 is 1. The van der Waals surface area contributed by atoms with Gasteiger partial charge < -0.3 is 15.8 Å². The number of allylic oxidation sites excluding steroid dienone is 2. The fourth-order valence-corrected chi connectivity index (χ4v) is 3.83. The Morgan fingerprint density at radius 3 is 2.59 bits per heavy atom. The molecule has 1 aliphatic heterocycles. The van der Waals surface area contributed by atoms with E-state index in [0.717, 1.165) is 24.2 Å². The van der Waals surface area contributed by atoms with Crippen LogP contribution in [-0.2, 0) is 0 Å². The molecule has 0 saturated carbocycles.